The zero-order valence-corrected chi connectivity index (χ0v) is 18.6. The standard InChI is InChI=1S/C27H36F2O/c1-3-4-5-6-7-18-8-9-20-15-21(11-10-19(20)14-18)22-12-13-24-23(16-22)17-25(28)27(30-2)26(24)29/h12-13,16-21H,3-11,14-15H2,1-2H3/t18?,19-,20?,21-/m1/s1. The van der Waals surface area contributed by atoms with Crippen molar-refractivity contribution < 1.29 is 13.5 Å². The largest absolute Gasteiger partial charge is 0.491 e. The number of fused-ring (bicyclic) bond motifs is 2. The molecule has 0 radical (unpaired) electrons. The Morgan fingerprint density at radius 3 is 2.53 bits per heavy atom. The monoisotopic (exact) mass is 414 g/mol. The van der Waals surface area contributed by atoms with E-state index in [1.54, 1.807) is 6.07 Å². The number of ether oxygens (including phenoxy) is 1. The van der Waals surface area contributed by atoms with Crippen LogP contribution in [0.25, 0.3) is 10.8 Å². The van der Waals surface area contributed by atoms with E-state index < -0.39 is 11.6 Å². The molecule has 0 heterocycles. The lowest BCUT2D eigenvalue weighted by atomic mass is 9.63. The van der Waals surface area contributed by atoms with E-state index in [0.717, 1.165) is 17.8 Å². The van der Waals surface area contributed by atoms with Gasteiger partial charge < -0.3 is 4.74 Å². The first-order chi connectivity index (χ1) is 14.6. The number of halogens is 2. The molecule has 0 amide bonds. The summed E-state index contributed by atoms with van der Waals surface area (Å²) in [6.45, 7) is 2.28. The van der Waals surface area contributed by atoms with Crippen molar-refractivity contribution in [2.24, 2.45) is 17.8 Å². The van der Waals surface area contributed by atoms with E-state index >= 15 is 0 Å². The highest BCUT2D eigenvalue weighted by molar-refractivity contribution is 5.85. The fourth-order valence-electron chi connectivity index (χ4n) is 6.18. The second-order valence-electron chi connectivity index (χ2n) is 9.74. The molecule has 2 aromatic rings. The summed E-state index contributed by atoms with van der Waals surface area (Å²) in [6, 6.07) is 7.27. The van der Waals surface area contributed by atoms with E-state index in [-0.39, 0.29) is 5.75 Å². The molecule has 2 aliphatic rings. The normalized spacial score (nSPS) is 26.5. The van der Waals surface area contributed by atoms with Crippen LogP contribution in [0.2, 0.25) is 0 Å². The van der Waals surface area contributed by atoms with Crippen LogP contribution in [-0.4, -0.2) is 7.11 Å². The lowest BCUT2D eigenvalue weighted by Crippen LogP contribution is -2.30. The van der Waals surface area contributed by atoms with Crippen molar-refractivity contribution in [1.82, 2.24) is 0 Å². The highest BCUT2D eigenvalue weighted by Gasteiger charge is 2.35. The summed E-state index contributed by atoms with van der Waals surface area (Å²) in [6.07, 6.45) is 14.9. The molecule has 2 unspecified atom stereocenters. The zero-order chi connectivity index (χ0) is 21.1. The molecule has 0 aromatic heterocycles. The Kier molecular flexibility index (Phi) is 6.95. The van der Waals surface area contributed by atoms with E-state index in [9.17, 15) is 8.78 Å². The van der Waals surface area contributed by atoms with Crippen molar-refractivity contribution in [1.29, 1.82) is 0 Å². The Hall–Kier alpha value is -1.64. The van der Waals surface area contributed by atoms with Gasteiger partial charge in [0.05, 0.1) is 7.11 Å². The number of unbranched alkanes of at least 4 members (excludes halogenated alkanes) is 3. The van der Waals surface area contributed by atoms with Gasteiger partial charge in [-0.3, -0.25) is 0 Å². The first-order valence-corrected chi connectivity index (χ1v) is 12.1. The van der Waals surface area contributed by atoms with Crippen LogP contribution in [0.3, 0.4) is 0 Å². The summed E-state index contributed by atoms with van der Waals surface area (Å²) in [5, 5.41) is 1.08. The third-order valence-corrected chi connectivity index (χ3v) is 7.87. The predicted octanol–water partition coefficient (Wildman–Crippen LogP) is 8.40. The maximum Gasteiger partial charge on any atom is 0.191 e. The Labute approximate surface area is 180 Å². The molecule has 30 heavy (non-hydrogen) atoms. The van der Waals surface area contributed by atoms with Crippen molar-refractivity contribution in [2.45, 2.75) is 83.5 Å². The van der Waals surface area contributed by atoms with E-state index in [1.807, 2.05) is 12.1 Å². The summed E-state index contributed by atoms with van der Waals surface area (Å²) in [4.78, 5) is 0. The summed E-state index contributed by atoms with van der Waals surface area (Å²) >= 11 is 0. The van der Waals surface area contributed by atoms with Gasteiger partial charge in [-0.25, -0.2) is 8.78 Å². The summed E-state index contributed by atoms with van der Waals surface area (Å²) in [5.41, 5.74) is 1.24. The molecule has 0 spiro atoms. The molecule has 1 nitrogen and oxygen atoms in total. The molecular weight excluding hydrogens is 378 g/mol. The summed E-state index contributed by atoms with van der Waals surface area (Å²) in [5.74, 6) is 1.68. The van der Waals surface area contributed by atoms with Gasteiger partial charge in [0, 0.05) is 5.39 Å². The van der Waals surface area contributed by atoms with Gasteiger partial charge in [0.2, 0.25) is 0 Å². The molecule has 164 valence electrons. The minimum absolute atomic E-state index is 0.290. The summed E-state index contributed by atoms with van der Waals surface area (Å²) < 4.78 is 33.6. The van der Waals surface area contributed by atoms with Crippen molar-refractivity contribution in [3.05, 3.63) is 41.5 Å². The Morgan fingerprint density at radius 1 is 0.933 bits per heavy atom. The Morgan fingerprint density at radius 2 is 1.73 bits per heavy atom. The van der Waals surface area contributed by atoms with Crippen molar-refractivity contribution >= 4 is 10.8 Å². The van der Waals surface area contributed by atoms with Crippen LogP contribution in [0.4, 0.5) is 8.78 Å². The first-order valence-electron chi connectivity index (χ1n) is 12.1. The van der Waals surface area contributed by atoms with Crippen LogP contribution in [0, 0.1) is 29.4 Å². The first kappa shape index (κ1) is 21.6. The molecule has 4 atom stereocenters. The van der Waals surface area contributed by atoms with Gasteiger partial charge in [-0.1, -0.05) is 63.6 Å². The van der Waals surface area contributed by atoms with Gasteiger partial charge >= 0.3 is 0 Å². The minimum Gasteiger partial charge on any atom is -0.491 e. The smallest absolute Gasteiger partial charge is 0.191 e. The third kappa shape index (κ3) is 4.50. The second kappa shape index (κ2) is 9.66. The van der Waals surface area contributed by atoms with Crippen molar-refractivity contribution in [2.75, 3.05) is 7.11 Å². The van der Waals surface area contributed by atoms with Gasteiger partial charge in [0.25, 0.3) is 0 Å². The predicted molar refractivity (Wildman–Crippen MR) is 120 cm³/mol. The molecule has 2 aromatic carbocycles. The molecule has 4 rings (SSSR count). The molecule has 2 aliphatic carbocycles. The van der Waals surface area contributed by atoms with Crippen molar-refractivity contribution in [3.8, 4) is 5.75 Å². The minimum atomic E-state index is -0.624. The fraction of sp³-hybridized carbons (Fsp3) is 0.630. The SMILES string of the molecule is CCCCCCC1CCC2C[C@H](c3ccc4c(F)c(OC)c(F)cc4c3)CC[C@@H]2C1. The molecule has 2 fully saturated rings. The fourth-order valence-corrected chi connectivity index (χ4v) is 6.18. The number of hydrogen-bond acceptors (Lipinski definition) is 1. The number of methoxy groups -OCH3 is 1. The number of benzene rings is 2. The van der Waals surface area contributed by atoms with Gasteiger partial charge in [0.15, 0.2) is 17.4 Å². The highest BCUT2D eigenvalue weighted by atomic mass is 19.1. The van der Waals surface area contributed by atoms with E-state index in [1.165, 1.54) is 89.4 Å². The molecule has 0 bridgehead atoms. The topological polar surface area (TPSA) is 9.23 Å². The van der Waals surface area contributed by atoms with Crippen LogP contribution in [0.5, 0.6) is 5.75 Å². The van der Waals surface area contributed by atoms with E-state index in [2.05, 4.69) is 6.92 Å². The quantitative estimate of drug-likeness (QED) is 0.413. The van der Waals surface area contributed by atoms with E-state index in [0.29, 0.717) is 16.7 Å². The van der Waals surface area contributed by atoms with Gasteiger partial charge in [-0.2, -0.15) is 0 Å². The molecule has 0 N–H and O–H groups in total. The average molecular weight is 415 g/mol. The average Bonchev–Trinajstić information content (AvgIpc) is 2.76. The van der Waals surface area contributed by atoms with Crippen molar-refractivity contribution in [3.63, 3.8) is 0 Å². The van der Waals surface area contributed by atoms with Crippen LogP contribution in [0.15, 0.2) is 24.3 Å². The van der Waals surface area contributed by atoms with Crippen LogP contribution < -0.4 is 4.74 Å². The van der Waals surface area contributed by atoms with Gasteiger partial charge in [0.1, 0.15) is 0 Å². The maximum absolute atomic E-state index is 14.5. The maximum atomic E-state index is 14.5. The molecule has 0 aliphatic heterocycles. The lowest BCUT2D eigenvalue weighted by molar-refractivity contribution is 0.113. The number of hydrogen-bond donors (Lipinski definition) is 0. The Bertz CT molecular complexity index is 862. The number of rotatable bonds is 7. The molecular formula is C27H36F2O. The Balaban J connectivity index is 1.41. The molecule has 3 heteroatoms. The van der Waals surface area contributed by atoms with Gasteiger partial charge in [-0.05, 0) is 72.8 Å². The summed E-state index contributed by atoms with van der Waals surface area (Å²) in [7, 11) is 1.31. The van der Waals surface area contributed by atoms with Crippen LogP contribution >= 0.6 is 0 Å². The third-order valence-electron chi connectivity index (χ3n) is 7.87. The van der Waals surface area contributed by atoms with Crippen LogP contribution in [0.1, 0.15) is 89.0 Å². The highest BCUT2D eigenvalue weighted by Crippen LogP contribution is 2.48. The van der Waals surface area contributed by atoms with Gasteiger partial charge in [-0.15, -0.1) is 0 Å². The molecule has 2 saturated carbocycles. The van der Waals surface area contributed by atoms with E-state index in [4.69, 9.17) is 4.74 Å². The molecule has 0 saturated heterocycles. The van der Waals surface area contributed by atoms with Crippen LogP contribution in [-0.2, 0) is 0 Å². The second-order valence-corrected chi connectivity index (χ2v) is 9.74. The zero-order valence-electron chi connectivity index (χ0n) is 18.6. The lowest BCUT2D eigenvalue weighted by Gasteiger charge is -2.42.